The van der Waals surface area contributed by atoms with Gasteiger partial charge in [0.05, 0.1) is 11.9 Å². The van der Waals surface area contributed by atoms with Gasteiger partial charge in [0.25, 0.3) is 0 Å². The molecule has 0 aliphatic carbocycles. The molecule has 106 valence electrons. The molecule has 0 fully saturated rings. The van der Waals surface area contributed by atoms with Gasteiger partial charge in [-0.25, -0.2) is 4.98 Å². The number of hydrogen-bond donors (Lipinski definition) is 1. The van der Waals surface area contributed by atoms with Crippen molar-refractivity contribution in [1.29, 1.82) is 0 Å². The van der Waals surface area contributed by atoms with E-state index in [9.17, 15) is 0 Å². The Kier molecular flexibility index (Phi) is 4.99. The van der Waals surface area contributed by atoms with Crippen molar-refractivity contribution in [3.8, 4) is 0 Å². The molecule has 0 radical (unpaired) electrons. The zero-order valence-corrected chi connectivity index (χ0v) is 12.5. The van der Waals surface area contributed by atoms with E-state index in [4.69, 9.17) is 0 Å². The lowest BCUT2D eigenvalue weighted by atomic mass is 10.2. The number of anilines is 2. The highest BCUT2D eigenvalue weighted by Gasteiger charge is 2.12. The van der Waals surface area contributed by atoms with Crippen molar-refractivity contribution in [3.05, 3.63) is 54.2 Å². The summed E-state index contributed by atoms with van der Waals surface area (Å²) in [6.45, 7) is 8.28. The van der Waals surface area contributed by atoms with Crippen LogP contribution in [0.25, 0.3) is 0 Å². The van der Waals surface area contributed by atoms with Crippen LogP contribution in [0.2, 0.25) is 0 Å². The van der Waals surface area contributed by atoms with Crippen LogP contribution in [0.3, 0.4) is 0 Å². The molecule has 0 saturated heterocycles. The van der Waals surface area contributed by atoms with Crippen molar-refractivity contribution in [2.75, 3.05) is 16.8 Å². The molecule has 0 spiro atoms. The first-order valence-corrected chi connectivity index (χ1v) is 7.21. The summed E-state index contributed by atoms with van der Waals surface area (Å²) < 4.78 is 0. The summed E-state index contributed by atoms with van der Waals surface area (Å²) >= 11 is 0. The topological polar surface area (TPSA) is 28.2 Å². The van der Waals surface area contributed by atoms with E-state index in [1.807, 2.05) is 12.3 Å². The SMILES string of the molecule is CCNc1ccc(N(Cc2ccccc2)C(C)C)nc1. The smallest absolute Gasteiger partial charge is 0.129 e. The quantitative estimate of drug-likeness (QED) is 0.861. The summed E-state index contributed by atoms with van der Waals surface area (Å²) in [5.74, 6) is 1.02. The minimum atomic E-state index is 0.410. The fraction of sp³-hybridized carbons (Fsp3) is 0.353. The van der Waals surface area contributed by atoms with Gasteiger partial charge in [0.2, 0.25) is 0 Å². The fourth-order valence-corrected chi connectivity index (χ4v) is 2.17. The molecule has 3 nitrogen and oxygen atoms in total. The van der Waals surface area contributed by atoms with Crippen molar-refractivity contribution in [2.45, 2.75) is 33.4 Å². The minimum absolute atomic E-state index is 0.410. The number of nitrogens with zero attached hydrogens (tertiary/aromatic N) is 2. The second-order valence-corrected chi connectivity index (χ2v) is 5.14. The van der Waals surface area contributed by atoms with Gasteiger partial charge in [0.1, 0.15) is 5.82 Å². The number of nitrogens with one attached hydrogen (secondary N) is 1. The molecule has 20 heavy (non-hydrogen) atoms. The maximum atomic E-state index is 4.58. The zero-order valence-electron chi connectivity index (χ0n) is 12.5. The van der Waals surface area contributed by atoms with Crippen LogP contribution < -0.4 is 10.2 Å². The fourth-order valence-electron chi connectivity index (χ4n) is 2.17. The first-order chi connectivity index (χ1) is 9.70. The van der Waals surface area contributed by atoms with E-state index in [1.165, 1.54) is 5.56 Å². The molecular weight excluding hydrogens is 246 g/mol. The average molecular weight is 269 g/mol. The Hall–Kier alpha value is -2.03. The van der Waals surface area contributed by atoms with Crippen LogP contribution in [0.1, 0.15) is 26.3 Å². The van der Waals surface area contributed by atoms with Crippen LogP contribution in [0, 0.1) is 0 Å². The Morgan fingerprint density at radius 1 is 1.10 bits per heavy atom. The average Bonchev–Trinajstić information content (AvgIpc) is 2.47. The highest BCUT2D eigenvalue weighted by atomic mass is 15.2. The monoisotopic (exact) mass is 269 g/mol. The molecule has 1 aromatic carbocycles. The Bertz CT molecular complexity index is 506. The molecule has 0 unspecified atom stereocenters. The molecule has 3 heteroatoms. The lowest BCUT2D eigenvalue weighted by Crippen LogP contribution is -2.30. The van der Waals surface area contributed by atoms with Gasteiger partial charge >= 0.3 is 0 Å². The maximum absolute atomic E-state index is 4.58. The Morgan fingerprint density at radius 3 is 2.40 bits per heavy atom. The largest absolute Gasteiger partial charge is 0.384 e. The molecule has 2 rings (SSSR count). The summed E-state index contributed by atoms with van der Waals surface area (Å²) in [7, 11) is 0. The van der Waals surface area contributed by atoms with Crippen LogP contribution in [0.5, 0.6) is 0 Å². The molecule has 0 amide bonds. The van der Waals surface area contributed by atoms with E-state index >= 15 is 0 Å². The van der Waals surface area contributed by atoms with Crippen LogP contribution in [0.4, 0.5) is 11.5 Å². The normalized spacial score (nSPS) is 10.6. The second kappa shape index (κ2) is 6.94. The molecule has 1 aromatic heterocycles. The third-order valence-electron chi connectivity index (χ3n) is 3.24. The Morgan fingerprint density at radius 2 is 1.85 bits per heavy atom. The molecule has 0 saturated carbocycles. The van der Waals surface area contributed by atoms with Gasteiger partial charge < -0.3 is 10.2 Å². The molecule has 1 heterocycles. The lowest BCUT2D eigenvalue weighted by Gasteiger charge is -2.28. The van der Waals surface area contributed by atoms with Crippen molar-refractivity contribution >= 4 is 11.5 Å². The number of rotatable bonds is 6. The first-order valence-electron chi connectivity index (χ1n) is 7.21. The Labute approximate surface area is 121 Å². The summed E-state index contributed by atoms with van der Waals surface area (Å²) in [5.41, 5.74) is 2.37. The second-order valence-electron chi connectivity index (χ2n) is 5.14. The molecule has 0 aliphatic heterocycles. The molecule has 2 aromatic rings. The van der Waals surface area contributed by atoms with Crippen LogP contribution in [-0.4, -0.2) is 17.6 Å². The molecule has 1 N–H and O–H groups in total. The number of pyridine rings is 1. The van der Waals surface area contributed by atoms with Crippen LogP contribution in [-0.2, 0) is 6.54 Å². The summed E-state index contributed by atoms with van der Waals surface area (Å²) in [6, 6.07) is 15.1. The van der Waals surface area contributed by atoms with Crippen molar-refractivity contribution in [2.24, 2.45) is 0 Å². The molecule has 0 atom stereocenters. The van der Waals surface area contributed by atoms with Crippen molar-refractivity contribution < 1.29 is 0 Å². The van der Waals surface area contributed by atoms with E-state index < -0.39 is 0 Å². The highest BCUT2D eigenvalue weighted by molar-refractivity contribution is 5.49. The summed E-state index contributed by atoms with van der Waals surface area (Å²) in [4.78, 5) is 6.89. The third-order valence-corrected chi connectivity index (χ3v) is 3.24. The first kappa shape index (κ1) is 14.4. The molecule has 0 aliphatic rings. The van der Waals surface area contributed by atoms with Crippen LogP contribution >= 0.6 is 0 Å². The number of benzene rings is 1. The summed E-state index contributed by atoms with van der Waals surface area (Å²) in [5, 5.41) is 3.27. The van der Waals surface area contributed by atoms with Gasteiger partial charge in [-0.1, -0.05) is 30.3 Å². The van der Waals surface area contributed by atoms with E-state index in [0.29, 0.717) is 6.04 Å². The molecule has 0 bridgehead atoms. The van der Waals surface area contributed by atoms with Gasteiger partial charge in [-0.15, -0.1) is 0 Å². The van der Waals surface area contributed by atoms with E-state index in [1.54, 1.807) is 0 Å². The number of aromatic nitrogens is 1. The Balaban J connectivity index is 2.16. The van der Waals surface area contributed by atoms with Crippen LogP contribution in [0.15, 0.2) is 48.7 Å². The van der Waals surface area contributed by atoms with Gasteiger partial charge in [0.15, 0.2) is 0 Å². The van der Waals surface area contributed by atoms with E-state index in [2.05, 4.69) is 72.4 Å². The zero-order chi connectivity index (χ0) is 14.4. The van der Waals surface area contributed by atoms with Gasteiger partial charge in [0, 0.05) is 19.1 Å². The maximum Gasteiger partial charge on any atom is 0.129 e. The highest BCUT2D eigenvalue weighted by Crippen LogP contribution is 2.19. The van der Waals surface area contributed by atoms with E-state index in [0.717, 1.165) is 24.6 Å². The van der Waals surface area contributed by atoms with Crippen molar-refractivity contribution in [3.63, 3.8) is 0 Å². The van der Waals surface area contributed by atoms with Gasteiger partial charge in [-0.2, -0.15) is 0 Å². The lowest BCUT2D eigenvalue weighted by molar-refractivity contribution is 0.672. The minimum Gasteiger partial charge on any atom is -0.384 e. The molecular formula is C17H23N3. The van der Waals surface area contributed by atoms with E-state index in [-0.39, 0.29) is 0 Å². The van der Waals surface area contributed by atoms with Gasteiger partial charge in [-0.3, -0.25) is 0 Å². The predicted molar refractivity (Wildman–Crippen MR) is 86.2 cm³/mol. The van der Waals surface area contributed by atoms with Crippen molar-refractivity contribution in [1.82, 2.24) is 4.98 Å². The predicted octanol–water partition coefficient (Wildman–Crippen LogP) is 3.93. The number of hydrogen-bond acceptors (Lipinski definition) is 3. The standard InChI is InChI=1S/C17H23N3/c1-4-18-16-10-11-17(19-12-16)20(14(2)3)13-15-8-6-5-7-9-15/h5-12,14,18H,4,13H2,1-3H3. The third kappa shape index (κ3) is 3.73. The summed E-state index contributed by atoms with van der Waals surface area (Å²) in [6.07, 6.45) is 1.90. The van der Waals surface area contributed by atoms with Gasteiger partial charge in [-0.05, 0) is 38.5 Å².